The largest absolute Gasteiger partial charge is 0.339 e. The Balaban J connectivity index is 1.83. The van der Waals surface area contributed by atoms with Crippen LogP contribution in [0.2, 0.25) is 0 Å². The molecule has 0 bridgehead atoms. The van der Waals surface area contributed by atoms with Crippen molar-refractivity contribution < 1.29 is 13.2 Å². The molecule has 5 nitrogen and oxygen atoms in total. The highest BCUT2D eigenvalue weighted by Gasteiger charge is 2.23. The fourth-order valence-corrected chi connectivity index (χ4v) is 3.62. The fourth-order valence-electron chi connectivity index (χ4n) is 2.17. The Morgan fingerprint density at radius 3 is 2.70 bits per heavy atom. The lowest BCUT2D eigenvalue weighted by atomic mass is 10.1. The summed E-state index contributed by atoms with van der Waals surface area (Å²) < 4.78 is 24.9. The number of nitrogens with one attached hydrogen (secondary N) is 1. The van der Waals surface area contributed by atoms with Gasteiger partial charge in [-0.1, -0.05) is 6.07 Å². The molecule has 1 aromatic heterocycles. The first-order valence-electron chi connectivity index (χ1n) is 6.42. The quantitative estimate of drug-likeness (QED) is 0.852. The number of amides is 1. The zero-order chi connectivity index (χ0) is 14.6. The Labute approximate surface area is 123 Å². The summed E-state index contributed by atoms with van der Waals surface area (Å²) in [7, 11) is -3.17. The normalized spacial score (nSPS) is 17.8. The molecule has 7 heteroatoms. The summed E-state index contributed by atoms with van der Waals surface area (Å²) in [5.41, 5.74) is 0. The Hall–Kier alpha value is -1.18. The van der Waals surface area contributed by atoms with E-state index in [1.165, 1.54) is 0 Å². The smallest absolute Gasteiger partial charge is 0.246 e. The average molecular weight is 314 g/mol. The summed E-state index contributed by atoms with van der Waals surface area (Å²) in [5, 5.41) is 1.96. The van der Waals surface area contributed by atoms with Gasteiger partial charge < -0.3 is 4.90 Å². The van der Waals surface area contributed by atoms with Crippen LogP contribution in [-0.4, -0.2) is 44.6 Å². The van der Waals surface area contributed by atoms with Crippen molar-refractivity contribution in [2.75, 3.05) is 19.3 Å². The number of sulfonamides is 1. The lowest BCUT2D eigenvalue weighted by Gasteiger charge is -2.31. The third-order valence-corrected chi connectivity index (χ3v) is 4.72. The van der Waals surface area contributed by atoms with E-state index in [1.807, 2.05) is 23.6 Å². The van der Waals surface area contributed by atoms with Gasteiger partial charge in [-0.25, -0.2) is 13.1 Å². The second-order valence-corrected chi connectivity index (χ2v) is 7.60. The van der Waals surface area contributed by atoms with E-state index < -0.39 is 10.0 Å². The van der Waals surface area contributed by atoms with Crippen molar-refractivity contribution in [3.05, 3.63) is 28.5 Å². The summed E-state index contributed by atoms with van der Waals surface area (Å²) >= 11 is 1.58. The predicted molar refractivity (Wildman–Crippen MR) is 80.9 cm³/mol. The fraction of sp³-hybridized carbons (Fsp3) is 0.462. The first kappa shape index (κ1) is 15.2. The summed E-state index contributed by atoms with van der Waals surface area (Å²) in [5.74, 6) is -0.0174. The van der Waals surface area contributed by atoms with E-state index in [4.69, 9.17) is 0 Å². The van der Waals surface area contributed by atoms with E-state index in [2.05, 4.69) is 4.72 Å². The molecule has 20 heavy (non-hydrogen) atoms. The number of piperidine rings is 1. The van der Waals surface area contributed by atoms with Crippen LogP contribution >= 0.6 is 11.3 Å². The lowest BCUT2D eigenvalue weighted by molar-refractivity contribution is -0.126. The van der Waals surface area contributed by atoms with Gasteiger partial charge in [-0.3, -0.25) is 4.79 Å². The number of hydrogen-bond acceptors (Lipinski definition) is 4. The number of nitrogens with zero attached hydrogens (tertiary/aromatic N) is 1. The van der Waals surface area contributed by atoms with E-state index in [0.29, 0.717) is 25.9 Å². The average Bonchev–Trinajstić information content (AvgIpc) is 2.88. The molecule has 0 atom stereocenters. The summed E-state index contributed by atoms with van der Waals surface area (Å²) in [6.07, 6.45) is 5.87. The molecule has 0 saturated carbocycles. The maximum Gasteiger partial charge on any atom is 0.246 e. The molecule has 0 unspecified atom stereocenters. The molecule has 1 aliphatic heterocycles. The van der Waals surface area contributed by atoms with Crippen molar-refractivity contribution >= 4 is 33.3 Å². The molecule has 0 aliphatic carbocycles. The van der Waals surface area contributed by atoms with Crippen LogP contribution in [0.1, 0.15) is 17.7 Å². The topological polar surface area (TPSA) is 66.5 Å². The van der Waals surface area contributed by atoms with E-state index in [1.54, 1.807) is 22.3 Å². The minimum Gasteiger partial charge on any atom is -0.339 e. The Morgan fingerprint density at radius 2 is 2.15 bits per heavy atom. The summed E-state index contributed by atoms with van der Waals surface area (Å²) in [6, 6.07) is 3.84. The van der Waals surface area contributed by atoms with E-state index in [9.17, 15) is 13.2 Å². The molecule has 1 aromatic rings. The monoisotopic (exact) mass is 314 g/mol. The highest BCUT2D eigenvalue weighted by Crippen LogP contribution is 2.14. The van der Waals surface area contributed by atoms with Crippen molar-refractivity contribution in [1.29, 1.82) is 0 Å². The van der Waals surface area contributed by atoms with Crippen molar-refractivity contribution in [2.45, 2.75) is 18.9 Å². The van der Waals surface area contributed by atoms with Gasteiger partial charge in [-0.15, -0.1) is 11.3 Å². The van der Waals surface area contributed by atoms with Gasteiger partial charge in [0, 0.05) is 30.1 Å². The second-order valence-electron chi connectivity index (χ2n) is 4.84. The number of carbonyl (C=O) groups excluding carboxylic acids is 1. The third-order valence-electron chi connectivity index (χ3n) is 3.12. The van der Waals surface area contributed by atoms with E-state index in [0.717, 1.165) is 11.1 Å². The Kier molecular flexibility index (Phi) is 4.95. The van der Waals surface area contributed by atoms with Gasteiger partial charge in [0.2, 0.25) is 15.9 Å². The minimum absolute atomic E-state index is 0.0174. The third kappa shape index (κ3) is 4.73. The molecular weight excluding hydrogens is 296 g/mol. The molecule has 1 aliphatic rings. The molecule has 1 N–H and O–H groups in total. The van der Waals surface area contributed by atoms with Crippen LogP contribution in [-0.2, 0) is 14.8 Å². The molecule has 2 heterocycles. The van der Waals surface area contributed by atoms with Crippen molar-refractivity contribution in [3.63, 3.8) is 0 Å². The molecule has 0 spiro atoms. The molecule has 2 rings (SSSR count). The highest BCUT2D eigenvalue weighted by molar-refractivity contribution is 7.88. The first-order chi connectivity index (χ1) is 9.44. The van der Waals surface area contributed by atoms with Gasteiger partial charge in [0.1, 0.15) is 0 Å². The minimum atomic E-state index is -3.17. The number of carbonyl (C=O) groups is 1. The van der Waals surface area contributed by atoms with Crippen LogP contribution in [0.4, 0.5) is 0 Å². The van der Waals surface area contributed by atoms with Gasteiger partial charge in [0.25, 0.3) is 0 Å². The SMILES string of the molecule is CS(=O)(=O)NC1CCN(C(=O)C=Cc2cccs2)CC1. The van der Waals surface area contributed by atoms with Gasteiger partial charge in [0.05, 0.1) is 6.26 Å². The molecule has 1 fully saturated rings. The predicted octanol–water partition coefficient (Wildman–Crippen LogP) is 1.30. The van der Waals surface area contributed by atoms with Gasteiger partial charge in [-0.05, 0) is 30.4 Å². The van der Waals surface area contributed by atoms with Crippen LogP contribution in [0.25, 0.3) is 6.08 Å². The number of thiophene rings is 1. The molecule has 110 valence electrons. The molecular formula is C13H18N2O3S2. The zero-order valence-corrected chi connectivity index (χ0v) is 12.9. The van der Waals surface area contributed by atoms with Crippen molar-refractivity contribution in [3.8, 4) is 0 Å². The maximum absolute atomic E-state index is 12.0. The molecule has 1 saturated heterocycles. The Bertz CT molecular complexity index is 571. The van der Waals surface area contributed by atoms with Crippen LogP contribution in [0.3, 0.4) is 0 Å². The molecule has 0 aromatic carbocycles. The first-order valence-corrected chi connectivity index (χ1v) is 9.19. The molecule has 1 amide bonds. The van der Waals surface area contributed by atoms with Gasteiger partial charge >= 0.3 is 0 Å². The highest BCUT2D eigenvalue weighted by atomic mass is 32.2. The van der Waals surface area contributed by atoms with E-state index >= 15 is 0 Å². The van der Waals surface area contributed by atoms with Crippen LogP contribution in [0.15, 0.2) is 23.6 Å². The van der Waals surface area contributed by atoms with Gasteiger partial charge in [-0.2, -0.15) is 0 Å². The molecule has 0 radical (unpaired) electrons. The van der Waals surface area contributed by atoms with Crippen molar-refractivity contribution in [1.82, 2.24) is 9.62 Å². The van der Waals surface area contributed by atoms with Gasteiger partial charge in [0.15, 0.2) is 0 Å². The van der Waals surface area contributed by atoms with Crippen LogP contribution in [0.5, 0.6) is 0 Å². The van der Waals surface area contributed by atoms with Crippen LogP contribution < -0.4 is 4.72 Å². The number of likely N-dealkylation sites (tertiary alicyclic amines) is 1. The summed E-state index contributed by atoms with van der Waals surface area (Å²) in [6.45, 7) is 1.17. The maximum atomic E-state index is 12.0. The standard InChI is InChI=1S/C13H18N2O3S2/c1-20(17,18)14-11-6-8-15(9-7-11)13(16)5-4-12-3-2-10-19-12/h2-5,10-11,14H,6-9H2,1H3. The summed E-state index contributed by atoms with van der Waals surface area (Å²) in [4.78, 5) is 14.8. The van der Waals surface area contributed by atoms with E-state index in [-0.39, 0.29) is 11.9 Å². The number of hydrogen-bond donors (Lipinski definition) is 1. The van der Waals surface area contributed by atoms with Crippen molar-refractivity contribution in [2.24, 2.45) is 0 Å². The zero-order valence-electron chi connectivity index (χ0n) is 11.3. The number of rotatable bonds is 4. The van der Waals surface area contributed by atoms with Crippen LogP contribution in [0, 0.1) is 0 Å². The lowest BCUT2D eigenvalue weighted by Crippen LogP contribution is -2.45. The Morgan fingerprint density at radius 1 is 1.45 bits per heavy atom. The second kappa shape index (κ2) is 6.51.